The van der Waals surface area contributed by atoms with Gasteiger partial charge in [0.15, 0.2) is 0 Å². The number of anilines is 1. The summed E-state index contributed by atoms with van der Waals surface area (Å²) in [5.41, 5.74) is 1.41. The van der Waals surface area contributed by atoms with E-state index in [0.29, 0.717) is 23.8 Å². The summed E-state index contributed by atoms with van der Waals surface area (Å²) in [6.07, 6.45) is 3.05. The molecule has 6 rings (SSSR count). The van der Waals surface area contributed by atoms with E-state index in [9.17, 15) is 19.2 Å². The van der Waals surface area contributed by atoms with Gasteiger partial charge in [-0.1, -0.05) is 69.4 Å². The summed E-state index contributed by atoms with van der Waals surface area (Å²) < 4.78 is 2.38. The van der Waals surface area contributed by atoms with E-state index < -0.39 is 17.1 Å². The molecule has 0 bridgehead atoms. The number of rotatable bonds is 4. The molecule has 1 aromatic heterocycles. The van der Waals surface area contributed by atoms with Crippen LogP contribution in [0.2, 0.25) is 0 Å². The number of hydrogen-bond donors (Lipinski definition) is 0. The smallest absolute Gasteiger partial charge is 0.308 e. The van der Waals surface area contributed by atoms with Gasteiger partial charge in [-0.05, 0) is 49.1 Å². The molecule has 2 aromatic carbocycles. The molecule has 10 heteroatoms. The lowest BCUT2D eigenvalue weighted by molar-refractivity contribution is -0.133. The zero-order valence-electron chi connectivity index (χ0n) is 19.8. The predicted molar refractivity (Wildman–Crippen MR) is 147 cm³/mol. The molecular weight excluding hydrogens is 574 g/mol. The summed E-state index contributed by atoms with van der Waals surface area (Å²) in [5.74, 6) is -1.71. The summed E-state index contributed by atoms with van der Waals surface area (Å²) in [6.45, 7) is 1.37. The number of likely N-dealkylation sites (tertiary alicyclic amines) is 1. The molecule has 0 aliphatic carbocycles. The van der Waals surface area contributed by atoms with E-state index in [1.807, 2.05) is 35.2 Å². The lowest BCUT2D eigenvalue weighted by atomic mass is 9.83. The summed E-state index contributed by atoms with van der Waals surface area (Å²) in [4.78, 5) is 57.5. The van der Waals surface area contributed by atoms with E-state index in [-0.39, 0.29) is 29.1 Å². The van der Waals surface area contributed by atoms with Crippen LogP contribution in [-0.2, 0) is 20.9 Å². The fraction of sp³-hybridized carbons (Fsp3) is 0.333. The van der Waals surface area contributed by atoms with Crippen molar-refractivity contribution in [3.05, 3.63) is 79.2 Å². The van der Waals surface area contributed by atoms with Gasteiger partial charge in [-0.25, -0.2) is 4.90 Å². The number of carbonyl (C=O) groups excluding carboxylic acids is 3. The number of carbonyl (C=O) groups is 3. The number of hydrogen-bond acceptors (Lipinski definition) is 6. The Morgan fingerprint density at radius 2 is 1.62 bits per heavy atom. The number of amides is 3. The molecule has 0 N–H and O–H groups in total. The van der Waals surface area contributed by atoms with Crippen molar-refractivity contribution in [3.8, 4) is 0 Å². The molecule has 0 radical (unpaired) electrons. The minimum absolute atomic E-state index is 0.0465. The number of thioether (sulfide) groups is 1. The molecule has 3 atom stereocenters. The molecule has 7 nitrogen and oxygen atoms in total. The minimum atomic E-state index is -0.681. The van der Waals surface area contributed by atoms with Crippen molar-refractivity contribution >= 4 is 62.4 Å². The number of halogens is 1. The van der Waals surface area contributed by atoms with Crippen LogP contribution in [0.5, 0.6) is 0 Å². The zero-order chi connectivity index (χ0) is 25.7. The van der Waals surface area contributed by atoms with Gasteiger partial charge < -0.3 is 4.90 Å². The van der Waals surface area contributed by atoms with Crippen molar-refractivity contribution in [1.29, 1.82) is 0 Å². The van der Waals surface area contributed by atoms with Gasteiger partial charge in [-0.2, -0.15) is 0 Å². The van der Waals surface area contributed by atoms with Crippen molar-refractivity contribution in [2.75, 3.05) is 18.0 Å². The highest BCUT2D eigenvalue weighted by atomic mass is 79.9. The largest absolute Gasteiger partial charge is 0.341 e. The van der Waals surface area contributed by atoms with Gasteiger partial charge in [0, 0.05) is 28.4 Å². The van der Waals surface area contributed by atoms with Gasteiger partial charge in [0.05, 0.1) is 16.6 Å². The van der Waals surface area contributed by atoms with Crippen molar-refractivity contribution in [1.82, 2.24) is 9.47 Å². The van der Waals surface area contributed by atoms with Crippen molar-refractivity contribution < 1.29 is 14.4 Å². The molecule has 3 amide bonds. The van der Waals surface area contributed by atoms with Gasteiger partial charge in [0.25, 0.3) is 0 Å². The van der Waals surface area contributed by atoms with Gasteiger partial charge in [-0.15, -0.1) is 0 Å². The number of piperidine rings is 1. The van der Waals surface area contributed by atoms with E-state index in [2.05, 4.69) is 15.9 Å². The standard InChI is InChI=1S/C27H24BrN3O4S2/c28-17-9-11-18(12-10-17)31-24(33)21-20(16-7-3-1-4-8-16)23-26(36-22(21)25(31)34)30(27(35)37-23)15-19(32)29-13-5-2-6-14-29/h1,3-4,7-12,20-22H,2,5-6,13-15H2. The summed E-state index contributed by atoms with van der Waals surface area (Å²) in [7, 11) is 0. The SMILES string of the molecule is O=C(Cn1c2c(sc1=O)C(c1ccccc1)C1C(=O)N(c3ccc(Br)cc3)C(=O)C1S2)N1CCCCC1. The molecule has 0 spiro atoms. The van der Waals surface area contributed by atoms with E-state index in [1.165, 1.54) is 21.2 Å². The molecule has 3 unspecified atom stereocenters. The van der Waals surface area contributed by atoms with E-state index in [4.69, 9.17) is 0 Å². The Kier molecular flexibility index (Phi) is 6.58. The van der Waals surface area contributed by atoms with Crippen molar-refractivity contribution in [2.24, 2.45) is 5.92 Å². The molecule has 3 aliphatic heterocycles. The second-order valence-corrected chi connectivity index (χ2v) is 12.5. The first-order valence-corrected chi connectivity index (χ1v) is 14.8. The van der Waals surface area contributed by atoms with Crippen LogP contribution < -0.4 is 9.77 Å². The number of imide groups is 1. The zero-order valence-corrected chi connectivity index (χ0v) is 23.1. The molecule has 3 aliphatic rings. The lowest BCUT2D eigenvalue weighted by Crippen LogP contribution is -2.39. The summed E-state index contributed by atoms with van der Waals surface area (Å²) >= 11 is 5.75. The minimum Gasteiger partial charge on any atom is -0.341 e. The predicted octanol–water partition coefficient (Wildman–Crippen LogP) is 4.48. The Balaban J connectivity index is 1.42. The number of benzene rings is 2. The third-order valence-electron chi connectivity index (χ3n) is 7.29. The number of aromatic nitrogens is 1. The average molecular weight is 599 g/mol. The fourth-order valence-corrected chi connectivity index (χ4v) is 8.54. The van der Waals surface area contributed by atoms with Crippen molar-refractivity contribution in [3.63, 3.8) is 0 Å². The Hall–Kier alpha value is -2.69. The van der Waals surface area contributed by atoms with Crippen LogP contribution in [0.15, 0.2) is 68.9 Å². The fourth-order valence-electron chi connectivity index (χ4n) is 5.50. The first-order valence-electron chi connectivity index (χ1n) is 12.3. The number of nitrogens with zero attached hydrogens (tertiary/aromatic N) is 3. The number of thiazole rings is 1. The quantitative estimate of drug-likeness (QED) is 0.414. The molecule has 3 aromatic rings. The summed E-state index contributed by atoms with van der Waals surface area (Å²) in [5, 5.41) is -0.0477. The van der Waals surface area contributed by atoms with Crippen LogP contribution in [0.25, 0.3) is 0 Å². The number of fused-ring (bicyclic) bond motifs is 2. The topological polar surface area (TPSA) is 79.7 Å². The second kappa shape index (κ2) is 9.89. The Bertz CT molecular complexity index is 1430. The van der Waals surface area contributed by atoms with E-state index in [0.717, 1.165) is 45.5 Å². The van der Waals surface area contributed by atoms with Crippen LogP contribution >= 0.6 is 39.0 Å². The Morgan fingerprint density at radius 3 is 2.32 bits per heavy atom. The third kappa shape index (κ3) is 4.28. The van der Waals surface area contributed by atoms with Gasteiger partial charge in [-0.3, -0.25) is 23.7 Å². The highest BCUT2D eigenvalue weighted by Crippen LogP contribution is 2.53. The molecular formula is C27H24BrN3O4S2. The van der Waals surface area contributed by atoms with Gasteiger partial charge >= 0.3 is 4.87 Å². The third-order valence-corrected chi connectivity index (χ3v) is 10.4. The Labute approximate surface area is 230 Å². The molecule has 190 valence electrons. The van der Waals surface area contributed by atoms with Crippen LogP contribution in [-0.4, -0.2) is 45.5 Å². The average Bonchev–Trinajstić information content (AvgIpc) is 3.36. The highest BCUT2D eigenvalue weighted by Gasteiger charge is 2.56. The molecule has 4 heterocycles. The van der Waals surface area contributed by atoms with E-state index >= 15 is 0 Å². The van der Waals surface area contributed by atoms with E-state index in [1.54, 1.807) is 24.3 Å². The molecule has 37 heavy (non-hydrogen) atoms. The van der Waals surface area contributed by atoms with Crippen LogP contribution in [0, 0.1) is 5.92 Å². The molecule has 2 fully saturated rings. The maximum Gasteiger partial charge on any atom is 0.308 e. The van der Waals surface area contributed by atoms with Crippen molar-refractivity contribution in [2.45, 2.75) is 42.0 Å². The summed E-state index contributed by atoms with van der Waals surface area (Å²) in [6, 6.07) is 16.7. The monoisotopic (exact) mass is 597 g/mol. The molecule has 0 saturated carbocycles. The Morgan fingerprint density at radius 1 is 0.919 bits per heavy atom. The lowest BCUT2D eigenvalue weighted by Gasteiger charge is -2.31. The highest BCUT2D eigenvalue weighted by molar-refractivity contribution is 9.10. The van der Waals surface area contributed by atoms with Crippen LogP contribution in [0.4, 0.5) is 5.69 Å². The first-order chi connectivity index (χ1) is 17.9. The molecule has 2 saturated heterocycles. The van der Waals surface area contributed by atoms with Gasteiger partial charge in [0.2, 0.25) is 17.7 Å². The second-order valence-electron chi connectivity index (χ2n) is 9.51. The normalized spacial score (nSPS) is 23.2. The maximum atomic E-state index is 13.8. The van der Waals surface area contributed by atoms with Gasteiger partial charge in [0.1, 0.15) is 11.8 Å². The maximum absolute atomic E-state index is 13.8. The van der Waals surface area contributed by atoms with Crippen LogP contribution in [0.1, 0.15) is 35.6 Å². The van der Waals surface area contributed by atoms with Crippen LogP contribution in [0.3, 0.4) is 0 Å². The first kappa shape index (κ1) is 24.6.